The van der Waals surface area contributed by atoms with Crippen molar-refractivity contribution in [1.82, 2.24) is 9.80 Å². The van der Waals surface area contributed by atoms with E-state index in [1.807, 2.05) is 0 Å². The number of piperidine rings is 1. The molecule has 0 radical (unpaired) electrons. The molecule has 0 unspecified atom stereocenters. The first-order chi connectivity index (χ1) is 7.63. The van der Waals surface area contributed by atoms with Gasteiger partial charge in [0.2, 0.25) is 0 Å². The van der Waals surface area contributed by atoms with Gasteiger partial charge in [0.05, 0.1) is 0 Å². The van der Waals surface area contributed by atoms with Crippen LogP contribution in [-0.4, -0.2) is 55.7 Å². The van der Waals surface area contributed by atoms with E-state index < -0.39 is 0 Å². The van der Waals surface area contributed by atoms with Crippen molar-refractivity contribution in [3.8, 4) is 0 Å². The van der Waals surface area contributed by atoms with Crippen molar-refractivity contribution in [3.63, 3.8) is 0 Å². The number of carbonyl (C=O) groups is 1. The number of nitrogens with zero attached hydrogens (tertiary/aromatic N) is 2. The summed E-state index contributed by atoms with van der Waals surface area (Å²) in [5.41, 5.74) is 0. The summed E-state index contributed by atoms with van der Waals surface area (Å²) in [6.07, 6.45) is 4.45. The number of hydrogen-bond acceptors (Lipinski definition) is 3. The summed E-state index contributed by atoms with van der Waals surface area (Å²) in [6, 6.07) is 0. The van der Waals surface area contributed by atoms with Crippen molar-refractivity contribution < 1.29 is 9.53 Å². The normalized spacial score (nSPS) is 21.8. The van der Waals surface area contributed by atoms with Crippen molar-refractivity contribution in [2.45, 2.75) is 38.7 Å². The van der Waals surface area contributed by atoms with Crippen LogP contribution >= 0.6 is 0 Å². The number of hydrogen-bond donors (Lipinski definition) is 0. The van der Waals surface area contributed by atoms with Gasteiger partial charge in [0, 0.05) is 20.6 Å². The first kappa shape index (κ1) is 13.3. The molecule has 1 amide bonds. The Morgan fingerprint density at radius 2 is 2.25 bits per heavy atom. The molecule has 4 heteroatoms. The van der Waals surface area contributed by atoms with E-state index in [4.69, 9.17) is 4.74 Å². The summed E-state index contributed by atoms with van der Waals surface area (Å²) < 4.78 is 5.41. The number of unbranched alkanes of at least 4 members (excludes halogenated alkanes) is 1. The SMILES string of the molecule is CCCCN1CCC[C@H](OC(=O)N(C)C)C1. The molecule has 16 heavy (non-hydrogen) atoms. The van der Waals surface area contributed by atoms with E-state index in [1.54, 1.807) is 14.1 Å². The maximum Gasteiger partial charge on any atom is 0.409 e. The highest BCUT2D eigenvalue weighted by Crippen LogP contribution is 2.14. The van der Waals surface area contributed by atoms with Crippen molar-refractivity contribution in [1.29, 1.82) is 0 Å². The molecule has 4 nitrogen and oxygen atoms in total. The molecule has 0 saturated carbocycles. The zero-order chi connectivity index (χ0) is 12.0. The molecule has 0 N–H and O–H groups in total. The van der Waals surface area contributed by atoms with Crippen LogP contribution in [-0.2, 0) is 4.74 Å². The number of rotatable bonds is 4. The van der Waals surface area contributed by atoms with E-state index in [0.717, 1.165) is 32.5 Å². The average molecular weight is 228 g/mol. The molecule has 0 aromatic rings. The number of carbonyl (C=O) groups excluding carboxylic acids is 1. The number of amides is 1. The fourth-order valence-electron chi connectivity index (χ4n) is 1.94. The smallest absolute Gasteiger partial charge is 0.409 e. The van der Waals surface area contributed by atoms with E-state index in [2.05, 4.69) is 11.8 Å². The van der Waals surface area contributed by atoms with Crippen LogP contribution in [0.15, 0.2) is 0 Å². The van der Waals surface area contributed by atoms with Gasteiger partial charge in [-0.2, -0.15) is 0 Å². The molecule has 1 atom stereocenters. The lowest BCUT2D eigenvalue weighted by Crippen LogP contribution is -2.42. The van der Waals surface area contributed by atoms with E-state index in [0.29, 0.717) is 0 Å². The molecule has 1 aliphatic heterocycles. The second-order valence-corrected chi connectivity index (χ2v) is 4.70. The minimum absolute atomic E-state index is 0.0838. The van der Waals surface area contributed by atoms with E-state index in [9.17, 15) is 4.79 Å². The molecular formula is C12H24N2O2. The summed E-state index contributed by atoms with van der Waals surface area (Å²) in [5.74, 6) is 0. The minimum atomic E-state index is -0.220. The first-order valence-corrected chi connectivity index (χ1v) is 6.23. The third kappa shape index (κ3) is 4.39. The van der Waals surface area contributed by atoms with Crippen LogP contribution in [0.5, 0.6) is 0 Å². The highest BCUT2D eigenvalue weighted by Gasteiger charge is 2.23. The van der Waals surface area contributed by atoms with Gasteiger partial charge in [-0.15, -0.1) is 0 Å². The summed E-state index contributed by atoms with van der Waals surface area (Å²) in [5, 5.41) is 0. The molecule has 1 heterocycles. The Morgan fingerprint density at radius 3 is 2.88 bits per heavy atom. The standard InChI is InChI=1S/C12H24N2O2/c1-4-5-8-14-9-6-7-11(10-14)16-12(15)13(2)3/h11H,4-10H2,1-3H3/t11-/m0/s1. The Labute approximate surface area is 98.5 Å². The molecule has 0 spiro atoms. The minimum Gasteiger partial charge on any atom is -0.445 e. The third-order valence-electron chi connectivity index (χ3n) is 2.92. The Hall–Kier alpha value is -0.770. The summed E-state index contributed by atoms with van der Waals surface area (Å²) >= 11 is 0. The Morgan fingerprint density at radius 1 is 1.50 bits per heavy atom. The maximum atomic E-state index is 11.4. The highest BCUT2D eigenvalue weighted by atomic mass is 16.6. The van der Waals surface area contributed by atoms with E-state index in [1.165, 1.54) is 17.7 Å². The van der Waals surface area contributed by atoms with Crippen molar-refractivity contribution >= 4 is 6.09 Å². The van der Waals surface area contributed by atoms with Gasteiger partial charge in [-0.1, -0.05) is 13.3 Å². The third-order valence-corrected chi connectivity index (χ3v) is 2.92. The zero-order valence-corrected chi connectivity index (χ0v) is 10.7. The van der Waals surface area contributed by atoms with Crippen LogP contribution in [0.25, 0.3) is 0 Å². The van der Waals surface area contributed by atoms with Crippen LogP contribution in [0.2, 0.25) is 0 Å². The van der Waals surface area contributed by atoms with Crippen LogP contribution in [0.3, 0.4) is 0 Å². The largest absolute Gasteiger partial charge is 0.445 e. The number of ether oxygens (including phenoxy) is 1. The quantitative estimate of drug-likeness (QED) is 0.737. The lowest BCUT2D eigenvalue weighted by atomic mass is 10.1. The Kier molecular flexibility index (Phi) is 5.60. The van der Waals surface area contributed by atoms with E-state index in [-0.39, 0.29) is 12.2 Å². The van der Waals surface area contributed by atoms with Gasteiger partial charge in [-0.25, -0.2) is 4.79 Å². The highest BCUT2D eigenvalue weighted by molar-refractivity contribution is 5.66. The van der Waals surface area contributed by atoms with Crippen LogP contribution in [0.1, 0.15) is 32.6 Å². The second kappa shape index (κ2) is 6.74. The average Bonchev–Trinajstić information content (AvgIpc) is 2.26. The lowest BCUT2D eigenvalue weighted by Gasteiger charge is -2.32. The van der Waals surface area contributed by atoms with E-state index >= 15 is 0 Å². The van der Waals surface area contributed by atoms with Crippen molar-refractivity contribution in [2.75, 3.05) is 33.7 Å². The fraction of sp³-hybridized carbons (Fsp3) is 0.917. The summed E-state index contributed by atoms with van der Waals surface area (Å²) in [6.45, 7) is 5.38. The van der Waals surface area contributed by atoms with Crippen molar-refractivity contribution in [2.24, 2.45) is 0 Å². The van der Waals surface area contributed by atoms with Gasteiger partial charge in [0.15, 0.2) is 0 Å². The molecule has 1 aliphatic rings. The summed E-state index contributed by atoms with van der Waals surface area (Å²) in [4.78, 5) is 15.3. The molecule has 0 bridgehead atoms. The molecule has 0 aliphatic carbocycles. The second-order valence-electron chi connectivity index (χ2n) is 4.70. The first-order valence-electron chi connectivity index (χ1n) is 6.23. The molecule has 1 fully saturated rings. The topological polar surface area (TPSA) is 32.8 Å². The van der Waals surface area contributed by atoms with Crippen molar-refractivity contribution in [3.05, 3.63) is 0 Å². The van der Waals surface area contributed by atoms with Gasteiger partial charge in [0.1, 0.15) is 6.10 Å². The fourth-order valence-corrected chi connectivity index (χ4v) is 1.94. The molecule has 1 rings (SSSR count). The number of likely N-dealkylation sites (tertiary alicyclic amines) is 1. The van der Waals surface area contributed by atoms with Gasteiger partial charge < -0.3 is 9.64 Å². The van der Waals surface area contributed by atoms with Crippen LogP contribution in [0, 0.1) is 0 Å². The predicted octanol–water partition coefficient (Wildman–Crippen LogP) is 1.95. The molecular weight excluding hydrogens is 204 g/mol. The predicted molar refractivity (Wildman–Crippen MR) is 64.5 cm³/mol. The monoisotopic (exact) mass is 228 g/mol. The summed E-state index contributed by atoms with van der Waals surface area (Å²) in [7, 11) is 3.44. The Balaban J connectivity index is 2.30. The maximum absolute atomic E-state index is 11.4. The molecule has 1 saturated heterocycles. The van der Waals surface area contributed by atoms with Gasteiger partial charge in [-0.05, 0) is 32.4 Å². The molecule has 0 aromatic heterocycles. The molecule has 0 aromatic carbocycles. The Bertz CT molecular complexity index is 219. The van der Waals surface area contributed by atoms with Gasteiger partial charge in [0.25, 0.3) is 0 Å². The zero-order valence-electron chi connectivity index (χ0n) is 10.7. The van der Waals surface area contributed by atoms with Crippen LogP contribution in [0.4, 0.5) is 4.79 Å². The van der Waals surface area contributed by atoms with Gasteiger partial charge >= 0.3 is 6.09 Å². The lowest BCUT2D eigenvalue weighted by molar-refractivity contribution is 0.0284. The van der Waals surface area contributed by atoms with Gasteiger partial charge in [-0.3, -0.25) is 4.90 Å². The van der Waals surface area contributed by atoms with Crippen LogP contribution < -0.4 is 0 Å². The molecule has 94 valence electrons.